The summed E-state index contributed by atoms with van der Waals surface area (Å²) < 4.78 is 0. The Labute approximate surface area is 174 Å². The van der Waals surface area contributed by atoms with Gasteiger partial charge in [0.25, 0.3) is 5.91 Å². The van der Waals surface area contributed by atoms with Crippen LogP contribution in [0.15, 0.2) is 54.7 Å². The molecule has 0 atom stereocenters. The zero-order chi connectivity index (χ0) is 20.9. The van der Waals surface area contributed by atoms with Gasteiger partial charge >= 0.3 is 0 Å². The first-order valence-electron chi connectivity index (χ1n) is 9.95. The number of amides is 2. The van der Waals surface area contributed by atoms with Crippen LogP contribution >= 0.6 is 0 Å². The van der Waals surface area contributed by atoms with E-state index in [1.807, 2.05) is 47.4 Å². The van der Waals surface area contributed by atoms with Crippen LogP contribution in [0.25, 0.3) is 11.3 Å². The quantitative estimate of drug-likeness (QED) is 0.679. The molecule has 1 fully saturated rings. The average Bonchev–Trinajstić information content (AvgIpc) is 3.29. The lowest BCUT2D eigenvalue weighted by Gasteiger charge is -2.35. The molecule has 2 amide bonds. The molecule has 2 aromatic heterocycles. The molecule has 0 unspecified atom stereocenters. The molecule has 154 valence electrons. The largest absolute Gasteiger partial charge is 0.353 e. The van der Waals surface area contributed by atoms with Gasteiger partial charge in [-0.25, -0.2) is 4.98 Å². The molecule has 1 saturated heterocycles. The molecule has 1 aliphatic heterocycles. The molecule has 0 spiro atoms. The molecule has 0 radical (unpaired) electrons. The smallest absolute Gasteiger partial charge is 0.269 e. The molecule has 8 nitrogen and oxygen atoms in total. The van der Waals surface area contributed by atoms with Gasteiger partial charge in [0.2, 0.25) is 5.91 Å². The fourth-order valence-corrected chi connectivity index (χ4v) is 3.55. The molecule has 8 heteroatoms. The summed E-state index contributed by atoms with van der Waals surface area (Å²) in [4.78, 5) is 32.7. The standard InChI is InChI=1S/C22H24N6O2/c1-16(29)27-10-12-28(13-11-27)21-18(8-5-9-23-21)15-24-22(30)20-14-19(25-26-20)17-6-3-2-4-7-17/h2-9,14H,10-13,15H2,1H3,(H,24,30)(H,25,26). The second-order valence-corrected chi connectivity index (χ2v) is 7.19. The summed E-state index contributed by atoms with van der Waals surface area (Å²) >= 11 is 0. The van der Waals surface area contributed by atoms with Crippen LogP contribution in [0.2, 0.25) is 0 Å². The van der Waals surface area contributed by atoms with Crippen molar-refractivity contribution in [3.63, 3.8) is 0 Å². The van der Waals surface area contributed by atoms with Gasteiger partial charge in [-0.3, -0.25) is 14.7 Å². The van der Waals surface area contributed by atoms with E-state index in [4.69, 9.17) is 0 Å². The van der Waals surface area contributed by atoms with Crippen LogP contribution < -0.4 is 10.2 Å². The van der Waals surface area contributed by atoms with Gasteiger partial charge in [-0.05, 0) is 12.1 Å². The van der Waals surface area contributed by atoms with Gasteiger partial charge in [0.15, 0.2) is 0 Å². The van der Waals surface area contributed by atoms with Crippen molar-refractivity contribution in [1.82, 2.24) is 25.4 Å². The van der Waals surface area contributed by atoms with Crippen LogP contribution in [0.5, 0.6) is 0 Å². The lowest BCUT2D eigenvalue weighted by atomic mass is 10.1. The van der Waals surface area contributed by atoms with E-state index in [0.717, 1.165) is 35.7 Å². The zero-order valence-corrected chi connectivity index (χ0v) is 16.8. The highest BCUT2D eigenvalue weighted by molar-refractivity contribution is 5.93. The minimum Gasteiger partial charge on any atom is -0.353 e. The second kappa shape index (κ2) is 8.77. The Hall–Kier alpha value is -3.68. The number of aromatic amines is 1. The third-order valence-electron chi connectivity index (χ3n) is 5.22. The van der Waals surface area contributed by atoms with Crippen LogP contribution in [0.3, 0.4) is 0 Å². The number of hydrogen-bond acceptors (Lipinski definition) is 5. The van der Waals surface area contributed by atoms with Crippen molar-refractivity contribution < 1.29 is 9.59 Å². The molecule has 2 N–H and O–H groups in total. The number of nitrogens with zero attached hydrogens (tertiary/aromatic N) is 4. The van der Waals surface area contributed by atoms with Gasteiger partial charge in [-0.15, -0.1) is 0 Å². The van der Waals surface area contributed by atoms with E-state index in [2.05, 4.69) is 25.4 Å². The highest BCUT2D eigenvalue weighted by Gasteiger charge is 2.21. The van der Waals surface area contributed by atoms with Crippen LogP contribution in [-0.4, -0.2) is 58.1 Å². The minimum atomic E-state index is -0.221. The molecule has 0 bridgehead atoms. The first kappa shape index (κ1) is 19.6. The van der Waals surface area contributed by atoms with Crippen molar-refractivity contribution in [1.29, 1.82) is 0 Å². The highest BCUT2D eigenvalue weighted by atomic mass is 16.2. The molecular weight excluding hydrogens is 380 g/mol. The van der Waals surface area contributed by atoms with Crippen LogP contribution in [0, 0.1) is 0 Å². The molecule has 1 aromatic carbocycles. The Kier molecular flexibility index (Phi) is 5.74. The van der Waals surface area contributed by atoms with Crippen molar-refractivity contribution in [2.24, 2.45) is 0 Å². The molecule has 3 aromatic rings. The number of hydrogen-bond donors (Lipinski definition) is 2. The number of anilines is 1. The minimum absolute atomic E-state index is 0.0950. The van der Waals surface area contributed by atoms with Crippen molar-refractivity contribution >= 4 is 17.6 Å². The average molecular weight is 404 g/mol. The molecule has 1 aliphatic rings. The van der Waals surface area contributed by atoms with E-state index in [-0.39, 0.29) is 11.8 Å². The van der Waals surface area contributed by atoms with E-state index in [1.54, 1.807) is 19.2 Å². The summed E-state index contributed by atoms with van der Waals surface area (Å²) in [7, 11) is 0. The maximum atomic E-state index is 12.6. The summed E-state index contributed by atoms with van der Waals surface area (Å²) in [6, 6.07) is 15.3. The zero-order valence-electron chi connectivity index (χ0n) is 16.8. The monoisotopic (exact) mass is 404 g/mol. The number of piperazine rings is 1. The molecule has 30 heavy (non-hydrogen) atoms. The Bertz CT molecular complexity index is 1020. The first-order valence-corrected chi connectivity index (χ1v) is 9.95. The van der Waals surface area contributed by atoms with Gasteiger partial charge in [-0.1, -0.05) is 36.4 Å². The third-order valence-corrected chi connectivity index (χ3v) is 5.22. The van der Waals surface area contributed by atoms with Gasteiger partial charge in [0.05, 0.1) is 5.69 Å². The highest BCUT2D eigenvalue weighted by Crippen LogP contribution is 2.20. The van der Waals surface area contributed by atoms with E-state index in [0.29, 0.717) is 25.3 Å². The van der Waals surface area contributed by atoms with Crippen molar-refractivity contribution in [2.45, 2.75) is 13.5 Å². The molecular formula is C22H24N6O2. The maximum absolute atomic E-state index is 12.6. The van der Waals surface area contributed by atoms with Crippen LogP contribution in [-0.2, 0) is 11.3 Å². The third kappa shape index (κ3) is 4.32. The first-order chi connectivity index (χ1) is 14.6. The van der Waals surface area contributed by atoms with E-state index in [9.17, 15) is 9.59 Å². The summed E-state index contributed by atoms with van der Waals surface area (Å²) in [6.07, 6.45) is 1.75. The topological polar surface area (TPSA) is 94.2 Å². The van der Waals surface area contributed by atoms with Gasteiger partial charge < -0.3 is 15.1 Å². The SMILES string of the molecule is CC(=O)N1CCN(c2ncccc2CNC(=O)c2cc(-c3ccccc3)n[nH]2)CC1. The predicted octanol–water partition coefficient (Wildman–Crippen LogP) is 2.07. The second-order valence-electron chi connectivity index (χ2n) is 7.19. The Balaban J connectivity index is 1.40. The summed E-state index contributed by atoms with van der Waals surface area (Å²) in [5.41, 5.74) is 3.03. The number of rotatable bonds is 5. The summed E-state index contributed by atoms with van der Waals surface area (Å²) in [6.45, 7) is 4.74. The van der Waals surface area contributed by atoms with Crippen LogP contribution in [0.1, 0.15) is 23.0 Å². The Morgan fingerprint density at radius 2 is 1.83 bits per heavy atom. The number of aromatic nitrogens is 3. The number of H-pyrrole nitrogens is 1. The lowest BCUT2D eigenvalue weighted by Crippen LogP contribution is -2.48. The normalized spacial score (nSPS) is 13.9. The Morgan fingerprint density at radius 1 is 1.07 bits per heavy atom. The molecule has 0 saturated carbocycles. The van der Waals surface area contributed by atoms with E-state index in [1.165, 1.54) is 0 Å². The van der Waals surface area contributed by atoms with Crippen molar-refractivity contribution in [3.8, 4) is 11.3 Å². The van der Waals surface area contributed by atoms with Crippen molar-refractivity contribution in [2.75, 3.05) is 31.1 Å². The van der Waals surface area contributed by atoms with Crippen LogP contribution in [0.4, 0.5) is 5.82 Å². The summed E-state index contributed by atoms with van der Waals surface area (Å²) in [5.74, 6) is 0.717. The van der Waals surface area contributed by atoms with Gasteiger partial charge in [0.1, 0.15) is 11.5 Å². The number of nitrogens with one attached hydrogen (secondary N) is 2. The lowest BCUT2D eigenvalue weighted by molar-refractivity contribution is -0.129. The number of carbonyl (C=O) groups is 2. The maximum Gasteiger partial charge on any atom is 0.269 e. The van der Waals surface area contributed by atoms with E-state index >= 15 is 0 Å². The Morgan fingerprint density at radius 3 is 2.57 bits per heavy atom. The fourth-order valence-electron chi connectivity index (χ4n) is 3.55. The molecule has 0 aliphatic carbocycles. The molecule has 3 heterocycles. The number of benzene rings is 1. The van der Waals surface area contributed by atoms with Gasteiger partial charge in [-0.2, -0.15) is 5.10 Å². The van der Waals surface area contributed by atoms with E-state index < -0.39 is 0 Å². The summed E-state index contributed by atoms with van der Waals surface area (Å²) in [5, 5.41) is 9.99. The number of pyridine rings is 1. The number of carbonyl (C=O) groups excluding carboxylic acids is 2. The van der Waals surface area contributed by atoms with Gasteiger partial charge in [0, 0.05) is 57.0 Å². The predicted molar refractivity (Wildman–Crippen MR) is 114 cm³/mol. The fraction of sp³-hybridized carbons (Fsp3) is 0.273. The van der Waals surface area contributed by atoms with Crippen molar-refractivity contribution in [3.05, 3.63) is 66.0 Å². The molecule has 4 rings (SSSR count).